The van der Waals surface area contributed by atoms with Crippen molar-refractivity contribution in [3.8, 4) is 0 Å². The molecule has 0 aliphatic carbocycles. The quantitative estimate of drug-likeness (QED) is 0.101. The average molecular weight is 583 g/mol. The number of anilines is 1. The number of rotatable bonds is 11. The number of benzene rings is 5. The van der Waals surface area contributed by atoms with E-state index >= 15 is 0 Å². The van der Waals surface area contributed by atoms with Gasteiger partial charge in [0.1, 0.15) is 0 Å². The molecule has 0 saturated heterocycles. The van der Waals surface area contributed by atoms with Gasteiger partial charge in [0.25, 0.3) is 5.91 Å². The number of hydroxylamine groups is 1. The van der Waals surface area contributed by atoms with E-state index in [1.807, 2.05) is 60.7 Å². The summed E-state index contributed by atoms with van der Waals surface area (Å²) in [6, 6.07) is 34.5. The van der Waals surface area contributed by atoms with Crippen LogP contribution in [0.25, 0.3) is 21.5 Å². The first-order valence-electron chi connectivity index (χ1n) is 13.6. The van der Waals surface area contributed by atoms with Crippen LogP contribution >= 0.6 is 7.60 Å². The fourth-order valence-corrected chi connectivity index (χ4v) is 5.95. The van der Waals surface area contributed by atoms with E-state index in [0.29, 0.717) is 18.4 Å². The number of carbonyl (C=O) groups excluding carboxylic acids is 2. The van der Waals surface area contributed by atoms with Crippen molar-refractivity contribution in [3.63, 3.8) is 0 Å². The van der Waals surface area contributed by atoms with Gasteiger partial charge in [-0.25, -0.2) is 0 Å². The van der Waals surface area contributed by atoms with E-state index in [4.69, 9.17) is 4.84 Å². The third-order valence-corrected chi connectivity index (χ3v) is 8.16. The molecule has 9 heteroatoms. The third kappa shape index (κ3) is 6.93. The second kappa shape index (κ2) is 13.1. The van der Waals surface area contributed by atoms with Gasteiger partial charge in [0.2, 0.25) is 5.91 Å². The number of carbonyl (C=O) groups is 2. The van der Waals surface area contributed by atoms with E-state index in [2.05, 4.69) is 5.32 Å². The highest BCUT2D eigenvalue weighted by molar-refractivity contribution is 7.53. The molecule has 0 fully saturated rings. The van der Waals surface area contributed by atoms with Gasteiger partial charge in [0.15, 0.2) is 12.3 Å². The zero-order chi connectivity index (χ0) is 29.5. The van der Waals surface area contributed by atoms with Crippen molar-refractivity contribution in [1.82, 2.24) is 5.32 Å². The van der Waals surface area contributed by atoms with Gasteiger partial charge in [-0.2, -0.15) is 5.06 Å². The van der Waals surface area contributed by atoms with Crippen molar-refractivity contribution in [2.24, 2.45) is 0 Å². The first-order chi connectivity index (χ1) is 20.3. The highest BCUT2D eigenvalue weighted by Crippen LogP contribution is 2.54. The molecule has 0 aromatic heterocycles. The van der Waals surface area contributed by atoms with E-state index in [1.54, 1.807) is 48.5 Å². The lowest BCUT2D eigenvalue weighted by atomic mass is 10.0. The van der Waals surface area contributed by atoms with Gasteiger partial charge in [0, 0.05) is 6.54 Å². The maximum Gasteiger partial charge on any atom is 0.342 e. The molecule has 5 aromatic rings. The van der Waals surface area contributed by atoms with Gasteiger partial charge < -0.3 is 15.1 Å². The predicted molar refractivity (Wildman–Crippen MR) is 164 cm³/mol. The summed E-state index contributed by atoms with van der Waals surface area (Å²) in [4.78, 5) is 53.5. The Hall–Kier alpha value is -4.33. The molecule has 0 saturated carbocycles. The summed E-state index contributed by atoms with van der Waals surface area (Å²) in [7, 11) is -5.05. The number of nitrogens with one attached hydrogen (secondary N) is 1. The number of aryl methyl sites for hydroxylation is 1. The molecule has 0 spiro atoms. The van der Waals surface area contributed by atoms with E-state index in [9.17, 15) is 23.9 Å². The largest absolute Gasteiger partial charge is 0.354 e. The molecule has 5 aromatic carbocycles. The molecule has 0 radical (unpaired) electrons. The molecule has 5 rings (SSSR count). The molecule has 0 aliphatic heterocycles. The minimum atomic E-state index is -5.05. The summed E-state index contributed by atoms with van der Waals surface area (Å²) in [6.45, 7) is -0.116. The monoisotopic (exact) mass is 582 g/mol. The van der Waals surface area contributed by atoms with Gasteiger partial charge in [-0.1, -0.05) is 103 Å². The topological polar surface area (TPSA) is 116 Å². The van der Waals surface area contributed by atoms with Crippen LogP contribution in [-0.4, -0.2) is 34.8 Å². The van der Waals surface area contributed by atoms with Gasteiger partial charge in [-0.05, 0) is 57.6 Å². The second-order valence-corrected chi connectivity index (χ2v) is 11.6. The fourth-order valence-electron chi connectivity index (χ4n) is 4.97. The predicted octanol–water partition coefficient (Wildman–Crippen LogP) is 5.93. The summed E-state index contributed by atoms with van der Waals surface area (Å²) >= 11 is 0. The lowest BCUT2D eigenvalue weighted by molar-refractivity contribution is -0.132. The summed E-state index contributed by atoms with van der Waals surface area (Å²) in [5, 5.41) is 6.59. The molecular weight excluding hydrogens is 551 g/mol. The molecule has 1 unspecified atom stereocenters. The van der Waals surface area contributed by atoms with Crippen LogP contribution in [0.5, 0.6) is 0 Å². The molecular formula is C33H31N2O6P. The van der Waals surface area contributed by atoms with Gasteiger partial charge >= 0.3 is 7.60 Å². The Bertz CT molecular complexity index is 1750. The van der Waals surface area contributed by atoms with Crippen LogP contribution in [0.3, 0.4) is 0 Å². The van der Waals surface area contributed by atoms with Crippen molar-refractivity contribution in [3.05, 3.63) is 126 Å². The SMILES string of the molecule is O=C(CON(C(=O)C(c1cccc2ccccc12)P(=O)(O)O)c1ccc2ccccc2c1)NCCCc1ccccc1. The Labute approximate surface area is 243 Å². The van der Waals surface area contributed by atoms with Crippen LogP contribution in [-0.2, 0) is 25.4 Å². The lowest BCUT2D eigenvalue weighted by Crippen LogP contribution is -2.39. The number of fused-ring (bicyclic) bond motifs is 2. The van der Waals surface area contributed by atoms with Crippen LogP contribution in [0.4, 0.5) is 5.69 Å². The highest BCUT2D eigenvalue weighted by Gasteiger charge is 2.42. The van der Waals surface area contributed by atoms with E-state index < -0.39 is 31.7 Å². The summed E-state index contributed by atoms with van der Waals surface area (Å²) in [6.07, 6.45) is 1.50. The van der Waals surface area contributed by atoms with Crippen LogP contribution in [0.2, 0.25) is 0 Å². The molecule has 1 atom stereocenters. The van der Waals surface area contributed by atoms with E-state index in [-0.39, 0.29) is 11.3 Å². The molecule has 8 nitrogen and oxygen atoms in total. The molecule has 0 aliphatic rings. The maximum atomic E-state index is 14.1. The summed E-state index contributed by atoms with van der Waals surface area (Å²) in [5.41, 5.74) is -0.280. The zero-order valence-corrected chi connectivity index (χ0v) is 23.7. The van der Waals surface area contributed by atoms with E-state index in [1.165, 1.54) is 6.07 Å². The Morgan fingerprint density at radius 1 is 0.786 bits per heavy atom. The normalized spacial score (nSPS) is 12.2. The molecule has 3 N–H and O–H groups in total. The number of nitrogens with zero attached hydrogens (tertiary/aromatic N) is 1. The summed E-state index contributed by atoms with van der Waals surface area (Å²) in [5.74, 6) is -1.44. The smallest absolute Gasteiger partial charge is 0.342 e. The number of hydrogen-bond donors (Lipinski definition) is 3. The Morgan fingerprint density at radius 2 is 1.45 bits per heavy atom. The first kappa shape index (κ1) is 29.2. The minimum absolute atomic E-state index is 0.172. The van der Waals surface area contributed by atoms with Crippen LogP contribution in [0.15, 0.2) is 115 Å². The number of amides is 2. The molecule has 2 amide bonds. The van der Waals surface area contributed by atoms with Crippen molar-refractivity contribution in [2.75, 3.05) is 18.2 Å². The van der Waals surface area contributed by atoms with E-state index in [0.717, 1.165) is 33.2 Å². The minimum Gasteiger partial charge on any atom is -0.354 e. The standard InChI is InChI=1S/C33H31N2O6P/c36-31(34-21-9-12-24-10-2-1-3-11-24)23-41-35(28-20-19-25-13-4-5-15-27(25)22-28)33(37)32(42(38,39)40)30-18-8-16-26-14-6-7-17-29(26)30/h1-8,10-11,13-20,22,32H,9,12,21,23H2,(H,34,36)(H2,38,39,40). The number of hydrogen-bond acceptors (Lipinski definition) is 4. The molecule has 42 heavy (non-hydrogen) atoms. The molecule has 0 heterocycles. The average Bonchev–Trinajstić information content (AvgIpc) is 2.99. The van der Waals surface area contributed by atoms with Crippen molar-refractivity contribution in [1.29, 1.82) is 0 Å². The van der Waals surface area contributed by atoms with Gasteiger partial charge in [0.05, 0.1) is 5.69 Å². The Morgan fingerprint density at radius 3 is 2.21 bits per heavy atom. The zero-order valence-electron chi connectivity index (χ0n) is 22.8. The maximum absolute atomic E-state index is 14.1. The third-order valence-electron chi connectivity index (χ3n) is 6.99. The van der Waals surface area contributed by atoms with Gasteiger partial charge in [-0.15, -0.1) is 0 Å². The lowest BCUT2D eigenvalue weighted by Gasteiger charge is -2.28. The van der Waals surface area contributed by atoms with Crippen molar-refractivity contribution in [2.45, 2.75) is 18.5 Å². The fraction of sp³-hybridized carbons (Fsp3) is 0.152. The highest BCUT2D eigenvalue weighted by atomic mass is 31.2. The van der Waals surface area contributed by atoms with Crippen molar-refractivity contribution >= 4 is 46.6 Å². The van der Waals surface area contributed by atoms with Crippen LogP contribution < -0.4 is 10.4 Å². The van der Waals surface area contributed by atoms with Crippen molar-refractivity contribution < 1.29 is 28.8 Å². The molecule has 214 valence electrons. The molecule has 0 bridgehead atoms. The Kier molecular flexibility index (Phi) is 9.10. The van der Waals surface area contributed by atoms with Gasteiger partial charge in [-0.3, -0.25) is 19.0 Å². The van der Waals surface area contributed by atoms with Crippen LogP contribution in [0.1, 0.15) is 23.2 Å². The first-order valence-corrected chi connectivity index (χ1v) is 15.3. The second-order valence-electron chi connectivity index (χ2n) is 9.94. The Balaban J connectivity index is 1.41. The summed E-state index contributed by atoms with van der Waals surface area (Å²) < 4.78 is 12.9. The van der Waals surface area contributed by atoms with Crippen LogP contribution in [0, 0.1) is 0 Å².